The minimum atomic E-state index is -3.96. The molecule has 41 heavy (non-hydrogen) atoms. The van der Waals surface area contributed by atoms with Crippen LogP contribution in [0.3, 0.4) is 0 Å². The number of nitrogens with one attached hydrogen (secondary N) is 1. The number of benzene rings is 2. The van der Waals surface area contributed by atoms with Gasteiger partial charge in [-0.2, -0.15) is 4.31 Å². The molecule has 5 rings (SSSR count). The number of hydrogen-bond donors (Lipinski definition) is 2. The third-order valence-electron chi connectivity index (χ3n) is 7.68. The third-order valence-corrected chi connectivity index (χ3v) is 9.55. The Morgan fingerprint density at radius 1 is 1.10 bits per heavy atom. The summed E-state index contributed by atoms with van der Waals surface area (Å²) < 4.78 is 51.3. The van der Waals surface area contributed by atoms with Crippen molar-refractivity contribution in [2.24, 2.45) is 5.92 Å². The predicted octanol–water partition coefficient (Wildman–Crippen LogP) is 3.26. The summed E-state index contributed by atoms with van der Waals surface area (Å²) in [7, 11) is -3.96. The van der Waals surface area contributed by atoms with E-state index < -0.39 is 34.4 Å². The number of sulfonamides is 1. The summed E-state index contributed by atoms with van der Waals surface area (Å²) in [6.45, 7) is 1.19. The van der Waals surface area contributed by atoms with Crippen molar-refractivity contribution in [3.8, 4) is 5.75 Å². The first kappa shape index (κ1) is 29.5. The van der Waals surface area contributed by atoms with Crippen LogP contribution in [0.15, 0.2) is 71.6 Å². The summed E-state index contributed by atoms with van der Waals surface area (Å²) in [5, 5.41) is 14.3. The highest BCUT2D eigenvalue weighted by atomic mass is 32.2. The van der Waals surface area contributed by atoms with Crippen molar-refractivity contribution in [2.45, 2.75) is 61.5 Å². The number of allylic oxidation sites excluding steroid dienone is 1. The average Bonchev–Trinajstić information content (AvgIpc) is 3.59. The Kier molecular flexibility index (Phi) is 9.94. The Hall–Kier alpha value is -2.96. The summed E-state index contributed by atoms with van der Waals surface area (Å²) in [5.74, 6) is 0.428. The number of aliphatic hydroxyl groups is 1. The summed E-state index contributed by atoms with van der Waals surface area (Å²) in [6, 6.07) is 15.0. The lowest BCUT2D eigenvalue weighted by molar-refractivity contribution is -0.0907. The van der Waals surface area contributed by atoms with Gasteiger partial charge in [0.25, 0.3) is 0 Å². The fourth-order valence-electron chi connectivity index (χ4n) is 5.42. The van der Waals surface area contributed by atoms with Gasteiger partial charge in [0, 0.05) is 19.2 Å². The molecule has 0 radical (unpaired) electrons. The van der Waals surface area contributed by atoms with Crippen LogP contribution in [0.2, 0.25) is 0 Å². The molecule has 5 atom stereocenters. The second-order valence-corrected chi connectivity index (χ2v) is 12.5. The minimum absolute atomic E-state index is 0.0236. The van der Waals surface area contributed by atoms with Crippen LogP contribution in [0.4, 0.5) is 4.79 Å². The Balaban J connectivity index is 1.33. The molecule has 2 fully saturated rings. The quantitative estimate of drug-likeness (QED) is 0.474. The summed E-state index contributed by atoms with van der Waals surface area (Å²) in [6.07, 6.45) is 4.47. The first-order chi connectivity index (χ1) is 19.9. The van der Waals surface area contributed by atoms with E-state index in [0.717, 1.165) is 24.8 Å². The van der Waals surface area contributed by atoms with Crippen LogP contribution in [0, 0.1) is 5.92 Å². The lowest BCUT2D eigenvalue weighted by Gasteiger charge is -2.30. The van der Waals surface area contributed by atoms with Gasteiger partial charge in [-0.1, -0.05) is 48.6 Å². The van der Waals surface area contributed by atoms with E-state index in [2.05, 4.69) is 5.32 Å². The number of amides is 1. The van der Waals surface area contributed by atoms with Gasteiger partial charge in [0.15, 0.2) is 6.29 Å². The number of β-amino-alcohol motifs (C(OH)–C–C–N with tert-alkyl or cyclic N) is 1. The molecule has 0 aromatic heterocycles. The summed E-state index contributed by atoms with van der Waals surface area (Å²) in [5.41, 5.74) is 0.884. The molecule has 0 aliphatic carbocycles. The van der Waals surface area contributed by atoms with E-state index in [1.807, 2.05) is 42.5 Å². The van der Waals surface area contributed by atoms with Gasteiger partial charge in [0.2, 0.25) is 10.0 Å². The number of nitrogens with zero attached hydrogens (tertiary/aromatic N) is 1. The predicted molar refractivity (Wildman–Crippen MR) is 151 cm³/mol. The van der Waals surface area contributed by atoms with Gasteiger partial charge in [-0.15, -0.1) is 0 Å². The highest BCUT2D eigenvalue weighted by Crippen LogP contribution is 2.33. The molecule has 2 bridgehead atoms. The SMILES string of the molecule is O=C(N[C@@H](Cc1ccccc1)[C@H](O)CN1CCCCC=CCOc2cccc(c2)S1(=O)=O)O[C@H]1CO[C@H]2OCCC21. The second kappa shape index (κ2) is 13.8. The Labute approximate surface area is 241 Å². The van der Waals surface area contributed by atoms with Crippen LogP contribution in [0.5, 0.6) is 5.75 Å². The molecule has 3 heterocycles. The molecular weight excluding hydrogens is 548 g/mol. The maximum absolute atomic E-state index is 13.8. The maximum Gasteiger partial charge on any atom is 0.407 e. The zero-order valence-corrected chi connectivity index (χ0v) is 23.8. The van der Waals surface area contributed by atoms with Crippen molar-refractivity contribution in [3.05, 3.63) is 72.3 Å². The topological polar surface area (TPSA) is 124 Å². The van der Waals surface area contributed by atoms with Crippen LogP contribution in [0.25, 0.3) is 0 Å². The fraction of sp³-hybridized carbons (Fsp3) is 0.500. The molecule has 3 aliphatic heterocycles. The zero-order chi connectivity index (χ0) is 28.7. The van der Waals surface area contributed by atoms with Crippen LogP contribution in [-0.2, 0) is 30.7 Å². The van der Waals surface area contributed by atoms with E-state index in [0.29, 0.717) is 25.4 Å². The highest BCUT2D eigenvalue weighted by Gasteiger charge is 2.44. The van der Waals surface area contributed by atoms with E-state index in [1.165, 1.54) is 16.4 Å². The second-order valence-electron chi connectivity index (χ2n) is 10.6. The number of fused-ring (bicyclic) bond motifs is 3. The van der Waals surface area contributed by atoms with Crippen LogP contribution in [0.1, 0.15) is 31.2 Å². The van der Waals surface area contributed by atoms with Crippen molar-refractivity contribution >= 4 is 16.1 Å². The fourth-order valence-corrected chi connectivity index (χ4v) is 6.95. The molecule has 0 spiro atoms. The van der Waals surface area contributed by atoms with Crippen LogP contribution >= 0.6 is 0 Å². The van der Waals surface area contributed by atoms with E-state index in [1.54, 1.807) is 12.1 Å². The standard InChI is InChI=1S/C30H38N2O8S/c33-27(20-32-15-7-2-1-3-8-16-37-23-12-9-13-24(19-23)41(32,35)36)26(18-22-10-5-4-6-11-22)31-30(34)40-28-21-39-29-25(28)14-17-38-29/h3-6,8-13,19,25-29,33H,1-2,7,14-18,20-21H2,(H,31,34)/t25?,26-,27+,28-,29+/m0/s1. The van der Waals surface area contributed by atoms with Gasteiger partial charge in [0.1, 0.15) is 18.5 Å². The van der Waals surface area contributed by atoms with Crippen molar-refractivity contribution < 1.29 is 37.3 Å². The average molecular weight is 587 g/mol. The monoisotopic (exact) mass is 586 g/mol. The number of aliphatic hydroxyl groups excluding tert-OH is 1. The van der Waals surface area contributed by atoms with Crippen molar-refractivity contribution in [1.29, 1.82) is 0 Å². The molecule has 2 aromatic rings. The smallest absolute Gasteiger partial charge is 0.407 e. The van der Waals surface area contributed by atoms with Gasteiger partial charge in [0.05, 0.1) is 36.2 Å². The van der Waals surface area contributed by atoms with Crippen LogP contribution < -0.4 is 10.1 Å². The number of hydrogen-bond acceptors (Lipinski definition) is 8. The van der Waals surface area contributed by atoms with Crippen molar-refractivity contribution in [1.82, 2.24) is 9.62 Å². The molecule has 2 saturated heterocycles. The number of ether oxygens (including phenoxy) is 4. The van der Waals surface area contributed by atoms with E-state index in [-0.39, 0.29) is 43.2 Å². The van der Waals surface area contributed by atoms with Crippen molar-refractivity contribution in [3.63, 3.8) is 0 Å². The van der Waals surface area contributed by atoms with E-state index >= 15 is 0 Å². The largest absolute Gasteiger partial charge is 0.490 e. The number of alkyl carbamates (subject to hydrolysis) is 1. The first-order valence-electron chi connectivity index (χ1n) is 14.2. The third kappa shape index (κ3) is 7.66. The van der Waals surface area contributed by atoms with Gasteiger partial charge in [-0.05, 0) is 49.8 Å². The van der Waals surface area contributed by atoms with Gasteiger partial charge < -0.3 is 29.4 Å². The van der Waals surface area contributed by atoms with Crippen LogP contribution in [-0.4, -0.2) is 81.4 Å². The van der Waals surface area contributed by atoms with Gasteiger partial charge in [-0.25, -0.2) is 13.2 Å². The number of rotatable bonds is 7. The van der Waals surface area contributed by atoms with E-state index in [9.17, 15) is 18.3 Å². The maximum atomic E-state index is 13.8. The molecule has 3 aliphatic rings. The molecule has 2 aromatic carbocycles. The Bertz CT molecular complexity index is 1290. The highest BCUT2D eigenvalue weighted by molar-refractivity contribution is 7.89. The molecule has 222 valence electrons. The molecule has 1 amide bonds. The summed E-state index contributed by atoms with van der Waals surface area (Å²) >= 11 is 0. The molecule has 1 unspecified atom stereocenters. The Morgan fingerprint density at radius 3 is 2.80 bits per heavy atom. The molecule has 11 heteroatoms. The lowest BCUT2D eigenvalue weighted by atomic mass is 10.0. The molecular formula is C30H38N2O8S. The first-order valence-corrected chi connectivity index (χ1v) is 15.6. The number of carbonyl (C=O) groups excluding carboxylic acids is 1. The van der Waals surface area contributed by atoms with E-state index in [4.69, 9.17) is 18.9 Å². The Morgan fingerprint density at radius 2 is 1.95 bits per heavy atom. The van der Waals surface area contributed by atoms with Gasteiger partial charge >= 0.3 is 6.09 Å². The molecule has 0 saturated carbocycles. The van der Waals surface area contributed by atoms with Gasteiger partial charge in [-0.3, -0.25) is 0 Å². The molecule has 2 N–H and O–H groups in total. The zero-order valence-electron chi connectivity index (χ0n) is 23.0. The summed E-state index contributed by atoms with van der Waals surface area (Å²) in [4.78, 5) is 13.1. The minimum Gasteiger partial charge on any atom is -0.490 e. The van der Waals surface area contributed by atoms with Crippen molar-refractivity contribution in [2.75, 3.05) is 32.9 Å². The lowest BCUT2D eigenvalue weighted by Crippen LogP contribution is -2.51. The normalized spacial score (nSPS) is 25.9. The molecule has 10 nitrogen and oxygen atoms in total. The number of carbonyl (C=O) groups is 1.